The highest BCUT2D eigenvalue weighted by atomic mass is 35.5. The van der Waals surface area contributed by atoms with Gasteiger partial charge in [0.15, 0.2) is 0 Å². The number of rotatable bonds is 3. The van der Waals surface area contributed by atoms with E-state index < -0.39 is 0 Å². The molecule has 1 aliphatic heterocycles. The monoisotopic (exact) mass is 309 g/mol. The molecule has 2 heterocycles. The van der Waals surface area contributed by atoms with Gasteiger partial charge >= 0.3 is 0 Å². The second-order valence-electron chi connectivity index (χ2n) is 7.26. The van der Waals surface area contributed by atoms with Crippen LogP contribution in [0.3, 0.4) is 0 Å². The minimum Gasteiger partial charge on any atom is -0.356 e. The van der Waals surface area contributed by atoms with E-state index >= 15 is 0 Å². The van der Waals surface area contributed by atoms with Crippen LogP contribution in [0.15, 0.2) is 0 Å². The maximum atomic E-state index is 6.30. The number of hydrogen-bond acceptors (Lipinski definition) is 3. The van der Waals surface area contributed by atoms with Crippen LogP contribution in [-0.2, 0) is 6.42 Å². The van der Waals surface area contributed by atoms with Gasteiger partial charge in [-0.15, -0.1) is 0 Å². The van der Waals surface area contributed by atoms with Gasteiger partial charge in [0.1, 0.15) is 16.8 Å². The van der Waals surface area contributed by atoms with Crippen molar-refractivity contribution in [2.75, 3.05) is 18.0 Å². The normalized spacial score (nSPS) is 17.3. The molecule has 1 aliphatic rings. The molecule has 0 amide bonds. The third-order valence-corrected chi connectivity index (χ3v) is 4.97. The summed E-state index contributed by atoms with van der Waals surface area (Å²) < 4.78 is 0. The van der Waals surface area contributed by atoms with Crippen molar-refractivity contribution in [3.8, 4) is 0 Å². The van der Waals surface area contributed by atoms with Crippen LogP contribution in [0.5, 0.6) is 0 Å². The minimum atomic E-state index is 0.401. The lowest BCUT2D eigenvalue weighted by Gasteiger charge is -2.39. The van der Waals surface area contributed by atoms with Crippen LogP contribution in [0.1, 0.15) is 58.3 Å². The van der Waals surface area contributed by atoms with Crippen molar-refractivity contribution in [1.82, 2.24) is 9.97 Å². The predicted octanol–water partition coefficient (Wildman–Crippen LogP) is 4.65. The van der Waals surface area contributed by atoms with Gasteiger partial charge in [0, 0.05) is 25.1 Å². The predicted molar refractivity (Wildman–Crippen MR) is 90.2 cm³/mol. The third-order valence-electron chi connectivity index (χ3n) is 4.60. The van der Waals surface area contributed by atoms with Crippen molar-refractivity contribution >= 4 is 17.4 Å². The van der Waals surface area contributed by atoms with Crippen molar-refractivity contribution in [1.29, 1.82) is 0 Å². The van der Waals surface area contributed by atoms with Crippen molar-refractivity contribution < 1.29 is 0 Å². The fourth-order valence-electron chi connectivity index (χ4n) is 3.12. The van der Waals surface area contributed by atoms with Crippen LogP contribution < -0.4 is 4.90 Å². The Kier molecular flexibility index (Phi) is 5.13. The molecular formula is C17H28ClN3. The van der Waals surface area contributed by atoms with Gasteiger partial charge in [0.25, 0.3) is 0 Å². The number of aryl methyl sites for hydroxylation is 1. The molecule has 1 aromatic heterocycles. The second kappa shape index (κ2) is 6.51. The Hall–Kier alpha value is -0.830. The molecule has 4 heteroatoms. The molecule has 0 aliphatic carbocycles. The molecular weight excluding hydrogens is 282 g/mol. The zero-order valence-corrected chi connectivity index (χ0v) is 14.8. The lowest BCUT2D eigenvalue weighted by molar-refractivity contribution is 0.198. The average Bonchev–Trinajstić information content (AvgIpc) is 2.42. The van der Waals surface area contributed by atoms with Gasteiger partial charge < -0.3 is 4.90 Å². The SMILES string of the molecule is CCCc1nc(Cl)c(C)c(N2CCC(C(C)(C)C)CC2)n1. The van der Waals surface area contributed by atoms with E-state index in [2.05, 4.69) is 37.6 Å². The van der Waals surface area contributed by atoms with Gasteiger partial charge in [-0.05, 0) is 37.5 Å². The van der Waals surface area contributed by atoms with Gasteiger partial charge in [-0.1, -0.05) is 39.3 Å². The van der Waals surface area contributed by atoms with Gasteiger partial charge in [0.05, 0.1) is 0 Å². The van der Waals surface area contributed by atoms with E-state index in [1.165, 1.54) is 12.8 Å². The number of anilines is 1. The van der Waals surface area contributed by atoms with E-state index in [0.717, 1.165) is 49.1 Å². The smallest absolute Gasteiger partial charge is 0.137 e. The Bertz CT molecular complexity index is 486. The van der Waals surface area contributed by atoms with Crippen LogP contribution in [0.25, 0.3) is 0 Å². The molecule has 0 N–H and O–H groups in total. The van der Waals surface area contributed by atoms with Crippen LogP contribution in [0, 0.1) is 18.3 Å². The Balaban J connectivity index is 2.16. The first-order chi connectivity index (χ1) is 9.82. The largest absolute Gasteiger partial charge is 0.356 e. The molecule has 0 spiro atoms. The first-order valence-corrected chi connectivity index (χ1v) is 8.48. The molecule has 2 rings (SSSR count). The maximum absolute atomic E-state index is 6.30. The molecule has 1 aromatic rings. The standard InChI is InChI=1S/C17H28ClN3/c1-6-7-14-19-15(18)12(2)16(20-14)21-10-8-13(9-11-21)17(3,4)5/h13H,6-11H2,1-5H3. The molecule has 0 aromatic carbocycles. The highest BCUT2D eigenvalue weighted by Gasteiger charge is 2.30. The molecule has 21 heavy (non-hydrogen) atoms. The zero-order valence-electron chi connectivity index (χ0n) is 14.0. The number of nitrogens with zero attached hydrogens (tertiary/aromatic N) is 3. The van der Waals surface area contributed by atoms with Crippen LogP contribution in [-0.4, -0.2) is 23.1 Å². The number of halogens is 1. The van der Waals surface area contributed by atoms with Gasteiger partial charge in [-0.3, -0.25) is 0 Å². The average molecular weight is 310 g/mol. The molecule has 0 unspecified atom stereocenters. The fourth-order valence-corrected chi connectivity index (χ4v) is 3.30. The molecule has 0 saturated carbocycles. The van der Waals surface area contributed by atoms with Gasteiger partial charge in [0.2, 0.25) is 0 Å². The quantitative estimate of drug-likeness (QED) is 0.761. The summed E-state index contributed by atoms with van der Waals surface area (Å²) in [6.07, 6.45) is 4.40. The fraction of sp³-hybridized carbons (Fsp3) is 0.765. The molecule has 0 bridgehead atoms. The van der Waals surface area contributed by atoms with Crippen molar-refractivity contribution in [2.24, 2.45) is 11.3 Å². The lowest BCUT2D eigenvalue weighted by atomic mass is 9.75. The Labute approximate surface area is 134 Å². The van der Waals surface area contributed by atoms with Gasteiger partial charge in [-0.25, -0.2) is 9.97 Å². The minimum absolute atomic E-state index is 0.401. The Morgan fingerprint density at radius 3 is 2.33 bits per heavy atom. The molecule has 0 radical (unpaired) electrons. The van der Waals surface area contributed by atoms with E-state index in [1.54, 1.807) is 0 Å². The second-order valence-corrected chi connectivity index (χ2v) is 7.61. The summed E-state index contributed by atoms with van der Waals surface area (Å²) in [5.41, 5.74) is 1.42. The summed E-state index contributed by atoms with van der Waals surface area (Å²) in [5.74, 6) is 2.72. The first kappa shape index (κ1) is 16.5. The van der Waals surface area contributed by atoms with E-state index in [-0.39, 0.29) is 0 Å². The van der Waals surface area contributed by atoms with E-state index in [0.29, 0.717) is 10.6 Å². The molecule has 0 atom stereocenters. The molecule has 3 nitrogen and oxygen atoms in total. The Morgan fingerprint density at radius 1 is 1.19 bits per heavy atom. The summed E-state index contributed by atoms with van der Waals surface area (Å²) in [7, 11) is 0. The summed E-state index contributed by atoms with van der Waals surface area (Å²) >= 11 is 6.30. The highest BCUT2D eigenvalue weighted by molar-refractivity contribution is 6.30. The van der Waals surface area contributed by atoms with Gasteiger partial charge in [-0.2, -0.15) is 0 Å². The molecule has 1 fully saturated rings. The summed E-state index contributed by atoms with van der Waals surface area (Å²) in [4.78, 5) is 11.6. The number of hydrogen-bond donors (Lipinski definition) is 0. The van der Waals surface area contributed by atoms with Crippen molar-refractivity contribution in [3.05, 3.63) is 16.5 Å². The first-order valence-electron chi connectivity index (χ1n) is 8.11. The summed E-state index contributed by atoms with van der Waals surface area (Å²) in [6.45, 7) is 13.4. The summed E-state index contributed by atoms with van der Waals surface area (Å²) in [6, 6.07) is 0. The maximum Gasteiger partial charge on any atom is 0.137 e. The molecule has 118 valence electrons. The van der Waals surface area contributed by atoms with Crippen LogP contribution in [0.2, 0.25) is 5.15 Å². The van der Waals surface area contributed by atoms with Crippen molar-refractivity contribution in [2.45, 2.75) is 60.3 Å². The highest BCUT2D eigenvalue weighted by Crippen LogP contribution is 2.36. The van der Waals surface area contributed by atoms with E-state index in [9.17, 15) is 0 Å². The lowest BCUT2D eigenvalue weighted by Crippen LogP contribution is -2.39. The zero-order chi connectivity index (χ0) is 15.6. The van der Waals surface area contributed by atoms with E-state index in [4.69, 9.17) is 16.6 Å². The van der Waals surface area contributed by atoms with Crippen molar-refractivity contribution in [3.63, 3.8) is 0 Å². The number of aromatic nitrogens is 2. The van der Waals surface area contributed by atoms with Crippen LogP contribution in [0.4, 0.5) is 5.82 Å². The van der Waals surface area contributed by atoms with Crippen LogP contribution >= 0.6 is 11.6 Å². The topological polar surface area (TPSA) is 29.0 Å². The van der Waals surface area contributed by atoms with E-state index in [1.807, 2.05) is 6.92 Å². The third kappa shape index (κ3) is 3.88. The Morgan fingerprint density at radius 2 is 1.81 bits per heavy atom. The summed E-state index contributed by atoms with van der Waals surface area (Å²) in [5, 5.41) is 0.612. The number of piperidine rings is 1. The molecule has 1 saturated heterocycles.